The lowest BCUT2D eigenvalue weighted by Crippen LogP contribution is -2.39. The van der Waals surface area contributed by atoms with E-state index in [9.17, 15) is 0 Å². The third kappa shape index (κ3) is 2.90. The second kappa shape index (κ2) is 6.10. The second-order valence-corrected chi connectivity index (χ2v) is 6.26. The fraction of sp³-hybridized carbons (Fsp3) is 0.625. The highest BCUT2D eigenvalue weighted by molar-refractivity contribution is 9.08. The first-order chi connectivity index (χ1) is 8.63. The largest absolute Gasteiger partial charge is 0.371 e. The molecule has 1 aromatic carbocycles. The molecule has 0 heterocycles. The lowest BCUT2D eigenvalue weighted by atomic mass is 9.84. The summed E-state index contributed by atoms with van der Waals surface area (Å²) in [4.78, 5) is 2.51. The molecular formula is C16H24BrN. The van der Waals surface area contributed by atoms with Gasteiger partial charge in [0.2, 0.25) is 0 Å². The highest BCUT2D eigenvalue weighted by atomic mass is 79.9. The van der Waals surface area contributed by atoms with E-state index >= 15 is 0 Å². The van der Waals surface area contributed by atoms with Crippen LogP contribution in [0.15, 0.2) is 18.2 Å². The van der Waals surface area contributed by atoms with Crippen molar-refractivity contribution >= 4 is 21.6 Å². The van der Waals surface area contributed by atoms with Gasteiger partial charge < -0.3 is 4.90 Å². The summed E-state index contributed by atoms with van der Waals surface area (Å²) in [5.41, 5.74) is 4.16. The molecular weight excluding hydrogens is 286 g/mol. The zero-order chi connectivity index (χ0) is 13.1. The van der Waals surface area contributed by atoms with Crippen molar-refractivity contribution in [3.05, 3.63) is 29.3 Å². The van der Waals surface area contributed by atoms with E-state index in [-0.39, 0.29) is 0 Å². The molecule has 18 heavy (non-hydrogen) atoms. The maximum Gasteiger partial charge on any atom is 0.0396 e. The molecule has 2 heteroatoms. The third-order valence-corrected chi connectivity index (χ3v) is 5.01. The molecule has 0 spiro atoms. The molecule has 1 saturated carbocycles. The predicted octanol–water partition coefficient (Wildman–Crippen LogP) is 4.90. The quantitative estimate of drug-likeness (QED) is 0.717. The van der Waals surface area contributed by atoms with Crippen LogP contribution in [0.3, 0.4) is 0 Å². The number of benzene rings is 1. The number of nitrogens with zero attached hydrogens (tertiary/aromatic N) is 1. The molecule has 0 saturated heterocycles. The molecule has 2 rings (SSSR count). The maximum atomic E-state index is 3.53. The van der Waals surface area contributed by atoms with E-state index in [1.165, 1.54) is 42.5 Å². The number of halogens is 1. The van der Waals surface area contributed by atoms with Crippen LogP contribution in [0.1, 0.15) is 43.7 Å². The fourth-order valence-corrected chi connectivity index (χ4v) is 3.60. The summed E-state index contributed by atoms with van der Waals surface area (Å²) in [7, 11) is 2.27. The van der Waals surface area contributed by atoms with E-state index in [1.807, 2.05) is 0 Å². The van der Waals surface area contributed by atoms with Gasteiger partial charge in [-0.25, -0.2) is 0 Å². The molecule has 0 radical (unpaired) electrons. The average molecular weight is 310 g/mol. The molecule has 1 nitrogen and oxygen atoms in total. The number of alkyl halides is 1. The molecule has 1 aliphatic rings. The second-order valence-electron chi connectivity index (χ2n) is 5.69. The summed E-state index contributed by atoms with van der Waals surface area (Å²) in [6.07, 6.45) is 5.52. The minimum atomic E-state index is 0.715. The summed E-state index contributed by atoms with van der Waals surface area (Å²) in [5.74, 6) is 0.819. The highest BCUT2D eigenvalue weighted by Crippen LogP contribution is 2.32. The molecule has 0 aliphatic heterocycles. The first-order valence-corrected chi connectivity index (χ1v) is 8.14. The van der Waals surface area contributed by atoms with Gasteiger partial charge in [0, 0.05) is 24.1 Å². The third-order valence-electron chi connectivity index (χ3n) is 4.36. The summed E-state index contributed by atoms with van der Waals surface area (Å²) in [6.45, 7) is 4.63. The van der Waals surface area contributed by atoms with Crippen LogP contribution in [0, 0.1) is 12.8 Å². The van der Waals surface area contributed by atoms with Gasteiger partial charge in [-0.1, -0.05) is 47.8 Å². The Morgan fingerprint density at radius 2 is 2.00 bits per heavy atom. The molecule has 0 aromatic heterocycles. The number of aryl methyl sites for hydroxylation is 1. The van der Waals surface area contributed by atoms with Crippen molar-refractivity contribution in [2.45, 2.75) is 50.9 Å². The van der Waals surface area contributed by atoms with E-state index in [2.05, 4.69) is 59.9 Å². The number of hydrogen-bond acceptors (Lipinski definition) is 1. The van der Waals surface area contributed by atoms with E-state index < -0.39 is 0 Å². The van der Waals surface area contributed by atoms with Gasteiger partial charge in [0.1, 0.15) is 0 Å². The number of anilines is 1. The van der Waals surface area contributed by atoms with Crippen molar-refractivity contribution < 1.29 is 0 Å². The molecule has 2 atom stereocenters. The Balaban J connectivity index is 2.19. The molecule has 100 valence electrons. The first kappa shape index (κ1) is 13.9. The fourth-order valence-electron chi connectivity index (χ4n) is 3.25. The SMILES string of the molecule is Cc1cc(CBr)ccc1N(C)C1CCCCC1C. The lowest BCUT2D eigenvalue weighted by molar-refractivity contribution is 0.321. The van der Waals surface area contributed by atoms with Crippen molar-refractivity contribution in [1.29, 1.82) is 0 Å². The molecule has 1 fully saturated rings. The summed E-state index contributed by atoms with van der Waals surface area (Å²) in [6, 6.07) is 7.54. The van der Waals surface area contributed by atoms with Crippen LogP contribution in [0.25, 0.3) is 0 Å². The normalized spacial score (nSPS) is 24.0. The Morgan fingerprint density at radius 3 is 2.61 bits per heavy atom. The van der Waals surface area contributed by atoms with Crippen LogP contribution in [-0.4, -0.2) is 13.1 Å². The lowest BCUT2D eigenvalue weighted by Gasteiger charge is -2.38. The summed E-state index contributed by atoms with van der Waals surface area (Å²) < 4.78 is 0. The van der Waals surface area contributed by atoms with Crippen molar-refractivity contribution in [2.75, 3.05) is 11.9 Å². The molecule has 0 bridgehead atoms. The van der Waals surface area contributed by atoms with Crippen LogP contribution in [-0.2, 0) is 5.33 Å². The van der Waals surface area contributed by atoms with Crippen molar-refractivity contribution in [1.82, 2.24) is 0 Å². The van der Waals surface area contributed by atoms with Crippen LogP contribution in [0.4, 0.5) is 5.69 Å². The Kier molecular flexibility index (Phi) is 4.71. The summed E-state index contributed by atoms with van der Waals surface area (Å²) >= 11 is 3.53. The maximum absolute atomic E-state index is 3.53. The zero-order valence-electron chi connectivity index (χ0n) is 11.7. The Labute approximate surface area is 120 Å². The van der Waals surface area contributed by atoms with Gasteiger partial charge in [-0.05, 0) is 42.9 Å². The minimum Gasteiger partial charge on any atom is -0.371 e. The smallest absolute Gasteiger partial charge is 0.0396 e. The zero-order valence-corrected chi connectivity index (χ0v) is 13.3. The molecule has 1 aromatic rings. The van der Waals surface area contributed by atoms with E-state index in [4.69, 9.17) is 0 Å². The van der Waals surface area contributed by atoms with Gasteiger partial charge in [-0.3, -0.25) is 0 Å². The Bertz CT molecular complexity index is 402. The van der Waals surface area contributed by atoms with Gasteiger partial charge >= 0.3 is 0 Å². The van der Waals surface area contributed by atoms with Crippen LogP contribution in [0.2, 0.25) is 0 Å². The predicted molar refractivity (Wildman–Crippen MR) is 83.6 cm³/mol. The molecule has 0 amide bonds. The Morgan fingerprint density at radius 1 is 1.28 bits per heavy atom. The van der Waals surface area contributed by atoms with Gasteiger partial charge in [0.15, 0.2) is 0 Å². The van der Waals surface area contributed by atoms with Crippen molar-refractivity contribution in [3.8, 4) is 0 Å². The molecule has 1 aliphatic carbocycles. The first-order valence-electron chi connectivity index (χ1n) is 7.02. The number of hydrogen-bond donors (Lipinski definition) is 0. The van der Waals surface area contributed by atoms with Crippen LogP contribution < -0.4 is 4.90 Å². The van der Waals surface area contributed by atoms with Crippen LogP contribution >= 0.6 is 15.9 Å². The number of rotatable bonds is 3. The van der Waals surface area contributed by atoms with E-state index in [1.54, 1.807) is 0 Å². The average Bonchev–Trinajstić information content (AvgIpc) is 2.38. The van der Waals surface area contributed by atoms with Crippen molar-refractivity contribution in [3.63, 3.8) is 0 Å². The van der Waals surface area contributed by atoms with Gasteiger partial charge in [0.25, 0.3) is 0 Å². The van der Waals surface area contributed by atoms with Gasteiger partial charge in [0.05, 0.1) is 0 Å². The monoisotopic (exact) mass is 309 g/mol. The molecule has 2 unspecified atom stereocenters. The Hall–Kier alpha value is -0.500. The minimum absolute atomic E-state index is 0.715. The van der Waals surface area contributed by atoms with Crippen molar-refractivity contribution in [2.24, 2.45) is 5.92 Å². The summed E-state index contributed by atoms with van der Waals surface area (Å²) in [5, 5.41) is 0.942. The van der Waals surface area contributed by atoms with Crippen LogP contribution in [0.5, 0.6) is 0 Å². The van der Waals surface area contributed by atoms with Gasteiger partial charge in [-0.2, -0.15) is 0 Å². The topological polar surface area (TPSA) is 3.24 Å². The van der Waals surface area contributed by atoms with E-state index in [0.29, 0.717) is 6.04 Å². The van der Waals surface area contributed by atoms with E-state index in [0.717, 1.165) is 11.2 Å². The van der Waals surface area contributed by atoms with Gasteiger partial charge in [-0.15, -0.1) is 0 Å². The standard InChI is InChI=1S/C16H24BrN/c1-12-6-4-5-7-15(12)18(3)16-9-8-14(11-17)10-13(16)2/h8-10,12,15H,4-7,11H2,1-3H3. The molecule has 0 N–H and O–H groups in total. The highest BCUT2D eigenvalue weighted by Gasteiger charge is 2.25.